The Balaban J connectivity index is 2.31. The van der Waals surface area contributed by atoms with Crippen LogP contribution in [0, 0.1) is 9.49 Å². The quantitative estimate of drug-likeness (QED) is 0.867. The van der Waals surface area contributed by atoms with Gasteiger partial charge in [-0.25, -0.2) is 4.98 Å². The van der Waals surface area contributed by atoms with E-state index in [2.05, 4.69) is 32.6 Å². The minimum atomic E-state index is 0.0214. The molecule has 0 bridgehead atoms. The average molecular weight is 304 g/mol. The minimum Gasteiger partial charge on any atom is -0.310 e. The maximum absolute atomic E-state index is 11.5. The zero-order chi connectivity index (χ0) is 10.1. The fourth-order valence-corrected chi connectivity index (χ4v) is 2.12. The van der Waals surface area contributed by atoms with Crippen LogP contribution in [0.1, 0.15) is 31.3 Å². The summed E-state index contributed by atoms with van der Waals surface area (Å²) in [5.74, 6) is 1.64. The number of nitrogens with zero attached hydrogens (tertiary/aromatic N) is 1. The lowest BCUT2D eigenvalue weighted by Crippen LogP contribution is -2.18. The molecule has 1 saturated carbocycles. The maximum Gasteiger partial charge on any atom is 0.264 e. The van der Waals surface area contributed by atoms with Gasteiger partial charge >= 0.3 is 0 Å². The van der Waals surface area contributed by atoms with Crippen molar-refractivity contribution in [3.8, 4) is 0 Å². The molecule has 0 spiro atoms. The van der Waals surface area contributed by atoms with Crippen molar-refractivity contribution in [2.24, 2.45) is 5.92 Å². The number of nitrogens with one attached hydrogen (secondary N) is 1. The van der Waals surface area contributed by atoms with E-state index in [4.69, 9.17) is 0 Å². The lowest BCUT2D eigenvalue weighted by Gasteiger charge is -2.03. The fourth-order valence-electron chi connectivity index (χ4n) is 1.48. The van der Waals surface area contributed by atoms with E-state index in [1.165, 1.54) is 12.8 Å². The van der Waals surface area contributed by atoms with Crippen molar-refractivity contribution >= 4 is 22.6 Å². The second kappa shape index (κ2) is 4.00. The molecule has 0 amide bonds. The molecule has 1 aromatic heterocycles. The molecule has 0 saturated heterocycles. The molecule has 0 radical (unpaired) electrons. The molecule has 14 heavy (non-hydrogen) atoms. The predicted octanol–water partition coefficient (Wildman–Crippen LogP) is 1.89. The van der Waals surface area contributed by atoms with Gasteiger partial charge < -0.3 is 4.98 Å². The molecule has 2 rings (SSSR count). The summed E-state index contributed by atoms with van der Waals surface area (Å²) in [7, 11) is 0. The Kier molecular flexibility index (Phi) is 2.90. The second-order valence-corrected chi connectivity index (χ2v) is 4.85. The molecule has 1 aromatic rings. The Hall–Kier alpha value is -0.390. The molecule has 3 nitrogen and oxygen atoms in total. The third-order valence-electron chi connectivity index (χ3n) is 2.49. The SMILES string of the molecule is CCc1nc(CC2CC2)[nH]c(=O)c1I. The highest BCUT2D eigenvalue weighted by atomic mass is 127. The van der Waals surface area contributed by atoms with Gasteiger partial charge in [0.1, 0.15) is 5.82 Å². The van der Waals surface area contributed by atoms with Crippen LogP contribution in [0.4, 0.5) is 0 Å². The number of hydrogen-bond acceptors (Lipinski definition) is 2. The highest BCUT2D eigenvalue weighted by Crippen LogP contribution is 2.31. The average Bonchev–Trinajstić information content (AvgIpc) is 2.95. The largest absolute Gasteiger partial charge is 0.310 e. The van der Waals surface area contributed by atoms with Crippen LogP contribution in [-0.2, 0) is 12.8 Å². The van der Waals surface area contributed by atoms with Gasteiger partial charge in [-0.2, -0.15) is 0 Å². The number of halogens is 1. The standard InChI is InChI=1S/C10H13IN2O/c1-2-7-9(11)10(14)13-8(12-7)5-6-3-4-6/h6H,2-5H2,1H3,(H,12,13,14). The highest BCUT2D eigenvalue weighted by Gasteiger charge is 2.23. The number of hydrogen-bond donors (Lipinski definition) is 1. The van der Waals surface area contributed by atoms with Crippen LogP contribution in [-0.4, -0.2) is 9.97 Å². The number of aromatic nitrogens is 2. The molecule has 1 aliphatic rings. The predicted molar refractivity (Wildman–Crippen MR) is 63.4 cm³/mol. The van der Waals surface area contributed by atoms with Crippen LogP contribution in [0.5, 0.6) is 0 Å². The van der Waals surface area contributed by atoms with Crippen molar-refractivity contribution < 1.29 is 0 Å². The molecule has 1 fully saturated rings. The molecule has 0 atom stereocenters. The molecule has 1 aliphatic carbocycles. The molecular weight excluding hydrogens is 291 g/mol. The normalized spacial score (nSPS) is 15.9. The topological polar surface area (TPSA) is 45.8 Å². The Bertz CT molecular complexity index is 396. The summed E-state index contributed by atoms with van der Waals surface area (Å²) in [5.41, 5.74) is 0.957. The van der Waals surface area contributed by atoms with Crippen LogP contribution in [0.3, 0.4) is 0 Å². The molecule has 76 valence electrons. The Morgan fingerprint density at radius 3 is 2.86 bits per heavy atom. The number of rotatable bonds is 3. The second-order valence-electron chi connectivity index (χ2n) is 3.77. The monoisotopic (exact) mass is 304 g/mol. The first-order chi connectivity index (χ1) is 6.70. The Labute approximate surface area is 96.5 Å². The van der Waals surface area contributed by atoms with E-state index in [1.807, 2.05) is 6.92 Å². The van der Waals surface area contributed by atoms with Crippen molar-refractivity contribution in [2.75, 3.05) is 0 Å². The summed E-state index contributed by atoms with van der Waals surface area (Å²) in [6.07, 6.45) is 4.35. The van der Waals surface area contributed by atoms with Gasteiger partial charge in [-0.1, -0.05) is 6.92 Å². The molecule has 0 aliphatic heterocycles. The van der Waals surface area contributed by atoms with Gasteiger partial charge in [0.05, 0.1) is 9.26 Å². The minimum absolute atomic E-state index is 0.0214. The summed E-state index contributed by atoms with van der Waals surface area (Å²) in [4.78, 5) is 18.8. The van der Waals surface area contributed by atoms with Gasteiger partial charge in [0.2, 0.25) is 0 Å². The molecular formula is C10H13IN2O. The van der Waals surface area contributed by atoms with Crippen molar-refractivity contribution in [2.45, 2.75) is 32.6 Å². The first-order valence-electron chi connectivity index (χ1n) is 4.98. The number of aromatic amines is 1. The van der Waals surface area contributed by atoms with Gasteiger partial charge in [0.25, 0.3) is 5.56 Å². The van der Waals surface area contributed by atoms with E-state index in [1.54, 1.807) is 0 Å². The van der Waals surface area contributed by atoms with Crippen LogP contribution in [0.2, 0.25) is 0 Å². The van der Waals surface area contributed by atoms with Crippen molar-refractivity contribution in [1.29, 1.82) is 0 Å². The van der Waals surface area contributed by atoms with Crippen LogP contribution < -0.4 is 5.56 Å². The number of aryl methyl sites for hydroxylation is 1. The molecule has 1 heterocycles. The van der Waals surface area contributed by atoms with E-state index in [0.717, 1.165) is 33.8 Å². The van der Waals surface area contributed by atoms with E-state index >= 15 is 0 Å². The van der Waals surface area contributed by atoms with Crippen molar-refractivity contribution in [1.82, 2.24) is 9.97 Å². The zero-order valence-corrected chi connectivity index (χ0v) is 10.3. The van der Waals surface area contributed by atoms with E-state index in [0.29, 0.717) is 0 Å². The van der Waals surface area contributed by atoms with Crippen LogP contribution in [0.25, 0.3) is 0 Å². The highest BCUT2D eigenvalue weighted by molar-refractivity contribution is 14.1. The third kappa shape index (κ3) is 2.16. The third-order valence-corrected chi connectivity index (χ3v) is 3.61. The van der Waals surface area contributed by atoms with Crippen molar-refractivity contribution in [3.63, 3.8) is 0 Å². The molecule has 4 heteroatoms. The number of H-pyrrole nitrogens is 1. The van der Waals surface area contributed by atoms with Gasteiger partial charge in [0.15, 0.2) is 0 Å². The van der Waals surface area contributed by atoms with Gasteiger partial charge in [0, 0.05) is 6.42 Å². The molecule has 1 N–H and O–H groups in total. The lowest BCUT2D eigenvalue weighted by atomic mass is 10.2. The first-order valence-corrected chi connectivity index (χ1v) is 6.06. The first kappa shape index (κ1) is 10.1. The summed E-state index contributed by atoms with van der Waals surface area (Å²) < 4.78 is 0.740. The summed E-state index contributed by atoms with van der Waals surface area (Å²) in [6.45, 7) is 2.03. The lowest BCUT2D eigenvalue weighted by molar-refractivity contribution is 0.747. The van der Waals surface area contributed by atoms with Gasteiger partial charge in [-0.3, -0.25) is 4.79 Å². The van der Waals surface area contributed by atoms with Crippen LogP contribution in [0.15, 0.2) is 4.79 Å². The van der Waals surface area contributed by atoms with Crippen molar-refractivity contribution in [3.05, 3.63) is 25.4 Å². The van der Waals surface area contributed by atoms with E-state index in [-0.39, 0.29) is 5.56 Å². The molecule has 0 unspecified atom stereocenters. The smallest absolute Gasteiger partial charge is 0.264 e. The van der Waals surface area contributed by atoms with Gasteiger partial charge in [-0.05, 0) is 47.8 Å². The van der Waals surface area contributed by atoms with Crippen LogP contribution >= 0.6 is 22.6 Å². The summed E-state index contributed by atoms with van der Waals surface area (Å²) >= 11 is 2.06. The summed E-state index contributed by atoms with van der Waals surface area (Å²) in [5, 5.41) is 0. The Morgan fingerprint density at radius 1 is 1.57 bits per heavy atom. The summed E-state index contributed by atoms with van der Waals surface area (Å²) in [6, 6.07) is 0. The molecule has 0 aromatic carbocycles. The van der Waals surface area contributed by atoms with E-state index in [9.17, 15) is 4.79 Å². The van der Waals surface area contributed by atoms with Gasteiger partial charge in [-0.15, -0.1) is 0 Å². The van der Waals surface area contributed by atoms with E-state index < -0.39 is 0 Å². The fraction of sp³-hybridized carbons (Fsp3) is 0.600. The zero-order valence-electron chi connectivity index (χ0n) is 8.14. The maximum atomic E-state index is 11.5. The Morgan fingerprint density at radius 2 is 2.29 bits per heavy atom.